The van der Waals surface area contributed by atoms with Crippen LogP contribution in [0.25, 0.3) is 11.2 Å². The van der Waals surface area contributed by atoms with Crippen molar-refractivity contribution in [2.75, 3.05) is 19.0 Å². The van der Waals surface area contributed by atoms with Crippen molar-refractivity contribution in [2.45, 2.75) is 43.4 Å². The number of rotatable bonds is 7. The summed E-state index contributed by atoms with van der Waals surface area (Å²) in [6, 6.07) is -1.84. The average molecular weight is 383 g/mol. The Morgan fingerprint density at radius 2 is 2.22 bits per heavy atom. The van der Waals surface area contributed by atoms with Crippen LogP contribution in [0.1, 0.15) is 19.1 Å². The van der Waals surface area contributed by atoms with Crippen LogP contribution in [0.2, 0.25) is 0 Å². The van der Waals surface area contributed by atoms with Crippen LogP contribution in [0, 0.1) is 0 Å². The second kappa shape index (κ2) is 8.08. The van der Waals surface area contributed by atoms with Gasteiger partial charge in [-0.25, -0.2) is 15.0 Å². The number of nitrogens with two attached hydrogens (primary N) is 2. The van der Waals surface area contributed by atoms with E-state index in [2.05, 4.69) is 20.3 Å². The van der Waals surface area contributed by atoms with Crippen LogP contribution in [0.3, 0.4) is 0 Å². The monoisotopic (exact) mass is 383 g/mol. The lowest BCUT2D eigenvalue weighted by atomic mass is 10.1. The van der Waals surface area contributed by atoms with E-state index in [1.807, 2.05) is 0 Å². The normalized spacial score (nSPS) is 26.4. The first kappa shape index (κ1) is 19.4. The summed E-state index contributed by atoms with van der Waals surface area (Å²) in [4.78, 5) is 24.2. The van der Waals surface area contributed by atoms with Crippen LogP contribution in [-0.4, -0.2) is 73.2 Å². The first-order valence-corrected chi connectivity index (χ1v) is 8.47. The predicted molar refractivity (Wildman–Crippen MR) is 91.9 cm³/mol. The number of hydrogen-bond acceptors (Lipinski definition) is 9. The van der Waals surface area contributed by atoms with Gasteiger partial charge in [-0.3, -0.25) is 13.8 Å². The van der Waals surface area contributed by atoms with E-state index in [1.165, 1.54) is 17.2 Å². The van der Waals surface area contributed by atoms with E-state index < -0.39 is 49.7 Å². The van der Waals surface area contributed by atoms with E-state index in [0.717, 1.165) is 0 Å². The Morgan fingerprint density at radius 1 is 1.44 bits per heavy atom. The fourth-order valence-electron chi connectivity index (χ4n) is 3.06. The summed E-state index contributed by atoms with van der Waals surface area (Å²) in [5, 5.41) is 22.8. The topological polar surface area (TPSA) is 174 Å². The molecule has 27 heavy (non-hydrogen) atoms. The van der Waals surface area contributed by atoms with E-state index >= 15 is 0 Å². The third-order valence-corrected chi connectivity index (χ3v) is 4.51. The van der Waals surface area contributed by atoms with Gasteiger partial charge in [-0.15, -0.1) is 0 Å². The lowest BCUT2D eigenvalue weighted by molar-refractivity contribution is -0.124. The number of amides is 1. The molecule has 7 N–H and O–H groups in total. The summed E-state index contributed by atoms with van der Waals surface area (Å²) in [5.41, 5.74) is 12.2. The van der Waals surface area contributed by atoms with E-state index in [1.54, 1.807) is 0 Å². The second-order valence-corrected chi connectivity index (χ2v) is 6.29. The summed E-state index contributed by atoms with van der Waals surface area (Å²) in [6.07, 6.45) is -0.0893. The number of aliphatic hydroxyl groups excluding tert-OH is 2. The maximum absolute atomic E-state index is 12.3. The molecule has 1 aliphatic heterocycles. The summed E-state index contributed by atoms with van der Waals surface area (Å²) >= 11 is 0. The van der Waals surface area contributed by atoms with Gasteiger partial charge < -0.3 is 31.7 Å². The largest absolute Gasteiger partial charge is 0.394 e. The maximum Gasteiger partial charge on any atom is 0.237 e. The zero-order chi connectivity index (χ0) is 19.6. The highest BCUT2D eigenvalue weighted by atomic mass is 19.1. The van der Waals surface area contributed by atoms with Crippen molar-refractivity contribution in [3.63, 3.8) is 0 Å². The number of imidazole rings is 1. The molecule has 12 heteroatoms. The lowest BCUT2D eigenvalue weighted by Gasteiger charge is -2.22. The van der Waals surface area contributed by atoms with Gasteiger partial charge in [-0.1, -0.05) is 0 Å². The number of fused-ring (bicyclic) bond motifs is 1. The Kier molecular flexibility index (Phi) is 5.79. The van der Waals surface area contributed by atoms with Gasteiger partial charge in [0.15, 0.2) is 17.7 Å². The van der Waals surface area contributed by atoms with Crippen LogP contribution < -0.4 is 16.8 Å². The van der Waals surface area contributed by atoms with Gasteiger partial charge >= 0.3 is 0 Å². The smallest absolute Gasteiger partial charge is 0.237 e. The molecule has 0 saturated carbocycles. The van der Waals surface area contributed by atoms with Gasteiger partial charge in [-0.05, 0) is 12.8 Å². The van der Waals surface area contributed by atoms with Gasteiger partial charge in [0.25, 0.3) is 0 Å². The van der Waals surface area contributed by atoms with Crippen LogP contribution >= 0.6 is 0 Å². The van der Waals surface area contributed by atoms with Crippen LogP contribution in [0.4, 0.5) is 10.2 Å². The van der Waals surface area contributed by atoms with Crippen molar-refractivity contribution >= 4 is 22.9 Å². The zero-order valence-electron chi connectivity index (χ0n) is 14.4. The minimum Gasteiger partial charge on any atom is -0.394 e. The molecule has 1 amide bonds. The molecule has 5 atom stereocenters. The first-order valence-electron chi connectivity index (χ1n) is 8.47. The van der Waals surface area contributed by atoms with Gasteiger partial charge in [0, 0.05) is 0 Å². The highest BCUT2D eigenvalue weighted by molar-refractivity contribution is 5.82. The first-order chi connectivity index (χ1) is 13.0. The lowest BCUT2D eigenvalue weighted by Crippen LogP contribution is -2.53. The molecule has 0 bridgehead atoms. The number of anilines is 1. The number of hydrogen-bond donors (Lipinski definition) is 5. The number of ether oxygens (including phenoxy) is 1. The van der Waals surface area contributed by atoms with Crippen LogP contribution in [-0.2, 0) is 9.53 Å². The number of carbonyl (C=O) groups is 1. The number of aromatic nitrogens is 4. The molecule has 11 nitrogen and oxygen atoms in total. The summed E-state index contributed by atoms with van der Waals surface area (Å²) in [6.45, 7) is -1.02. The molecular formula is C15H22FN7O4. The molecule has 0 spiro atoms. The number of halogens is 1. The number of carbonyl (C=O) groups excluding carboxylic acids is 1. The molecule has 0 aliphatic carbocycles. The van der Waals surface area contributed by atoms with Crippen LogP contribution in [0.5, 0.6) is 0 Å². The van der Waals surface area contributed by atoms with Gasteiger partial charge in [0.2, 0.25) is 5.91 Å². The molecule has 3 heterocycles. The molecule has 0 aromatic carbocycles. The molecular weight excluding hydrogens is 361 g/mol. The Bertz CT molecular complexity index is 804. The minimum atomic E-state index is -1.21. The van der Waals surface area contributed by atoms with Gasteiger partial charge in [0.05, 0.1) is 31.7 Å². The molecule has 1 saturated heterocycles. The van der Waals surface area contributed by atoms with Gasteiger partial charge in [0.1, 0.15) is 24.1 Å². The summed E-state index contributed by atoms with van der Waals surface area (Å²) < 4.78 is 19.4. The molecule has 1 aliphatic rings. The van der Waals surface area contributed by atoms with Crippen molar-refractivity contribution in [3.05, 3.63) is 12.7 Å². The Hall–Kier alpha value is -2.41. The Morgan fingerprint density at radius 3 is 2.93 bits per heavy atom. The van der Waals surface area contributed by atoms with E-state index in [0.29, 0.717) is 11.2 Å². The van der Waals surface area contributed by atoms with Gasteiger partial charge in [-0.2, -0.15) is 0 Å². The third-order valence-electron chi connectivity index (χ3n) is 4.51. The average Bonchev–Trinajstić information content (AvgIpc) is 3.22. The van der Waals surface area contributed by atoms with Crippen molar-refractivity contribution in [1.29, 1.82) is 0 Å². The quantitative estimate of drug-likeness (QED) is 0.370. The van der Waals surface area contributed by atoms with E-state index in [9.17, 15) is 19.4 Å². The minimum absolute atomic E-state index is 0.159. The highest BCUT2D eigenvalue weighted by Crippen LogP contribution is 2.31. The predicted octanol–water partition coefficient (Wildman–Crippen LogP) is -1.78. The SMILES string of the molecule is Nc1ncnc2c1ncn2[C@@H]1O[C@H](CO)C(NC(=O)C(N)CCCF)C1O. The summed E-state index contributed by atoms with van der Waals surface area (Å²) in [5.74, 6) is -0.383. The standard InChI is InChI=1S/C15H22FN7O4/c16-3-1-2-7(17)14(26)22-9-8(4-24)27-15(11(9)25)23-6-21-10-12(18)19-5-20-13(10)23/h5-9,11,15,24-25H,1-4,17H2,(H,22,26)(H2,18,19,20)/t7?,8-,9?,11?,15-/m1/s1. The molecule has 3 rings (SSSR count). The third kappa shape index (κ3) is 3.69. The second-order valence-electron chi connectivity index (χ2n) is 6.29. The fourth-order valence-corrected chi connectivity index (χ4v) is 3.06. The molecule has 3 unspecified atom stereocenters. The van der Waals surface area contributed by atoms with E-state index in [-0.39, 0.29) is 18.7 Å². The van der Waals surface area contributed by atoms with Crippen molar-refractivity contribution in [3.8, 4) is 0 Å². The molecule has 2 aromatic rings. The van der Waals surface area contributed by atoms with Crippen LogP contribution in [0.15, 0.2) is 12.7 Å². The Labute approximate surface area is 153 Å². The Balaban J connectivity index is 1.79. The number of nitrogen functional groups attached to an aromatic ring is 1. The highest BCUT2D eigenvalue weighted by Gasteiger charge is 2.46. The van der Waals surface area contributed by atoms with Crippen molar-refractivity contribution < 1.29 is 24.1 Å². The van der Waals surface area contributed by atoms with E-state index in [4.69, 9.17) is 16.2 Å². The molecule has 0 radical (unpaired) electrons. The number of alkyl halides is 1. The molecule has 2 aromatic heterocycles. The molecule has 148 valence electrons. The fraction of sp³-hybridized carbons (Fsp3) is 0.600. The van der Waals surface area contributed by atoms with Crippen molar-refractivity contribution in [2.24, 2.45) is 5.73 Å². The molecule has 1 fully saturated rings. The summed E-state index contributed by atoms with van der Waals surface area (Å²) in [7, 11) is 0. The number of nitrogens with one attached hydrogen (secondary N) is 1. The zero-order valence-corrected chi connectivity index (χ0v) is 14.4. The maximum atomic E-state index is 12.3. The number of nitrogens with zero attached hydrogens (tertiary/aromatic N) is 4. The number of aliphatic hydroxyl groups is 2. The van der Waals surface area contributed by atoms with Crippen molar-refractivity contribution in [1.82, 2.24) is 24.8 Å².